The molecule has 0 N–H and O–H groups in total. The van der Waals surface area contributed by atoms with Crippen LogP contribution >= 0.6 is 0 Å². The second-order valence-electron chi connectivity index (χ2n) is 6.20. The third-order valence-electron chi connectivity index (χ3n) is 4.52. The lowest BCUT2D eigenvalue weighted by atomic mass is 9.98. The summed E-state index contributed by atoms with van der Waals surface area (Å²) in [7, 11) is 0. The van der Waals surface area contributed by atoms with Gasteiger partial charge in [-0.3, -0.25) is 4.90 Å². The Morgan fingerprint density at radius 1 is 0.917 bits per heavy atom. The Hall–Kier alpha value is -2.00. The molecule has 0 amide bonds. The molecule has 0 radical (unpaired) electrons. The lowest BCUT2D eigenvalue weighted by Crippen LogP contribution is -2.32. The molecule has 2 aromatic rings. The first kappa shape index (κ1) is 16.8. The fraction of sp³-hybridized carbons (Fsp3) is 0.429. The molecule has 0 saturated carbocycles. The lowest BCUT2D eigenvalue weighted by Gasteiger charge is -2.29. The predicted molar refractivity (Wildman–Crippen MR) is 97.9 cm³/mol. The molecule has 0 fully saturated rings. The average molecular weight is 325 g/mol. The van der Waals surface area contributed by atoms with E-state index >= 15 is 0 Å². The minimum Gasteiger partial charge on any atom is -0.490 e. The molecule has 24 heavy (non-hydrogen) atoms. The average Bonchev–Trinajstić information content (AvgIpc) is 2.62. The van der Waals surface area contributed by atoms with Crippen LogP contribution in [0.2, 0.25) is 0 Å². The van der Waals surface area contributed by atoms with E-state index in [1.54, 1.807) is 0 Å². The largest absolute Gasteiger partial charge is 0.490 e. The first-order valence-electron chi connectivity index (χ1n) is 8.97. The van der Waals surface area contributed by atoms with Crippen molar-refractivity contribution in [2.24, 2.45) is 0 Å². The number of fused-ring (bicyclic) bond motifs is 1. The highest BCUT2D eigenvalue weighted by molar-refractivity contribution is 5.48. The number of ether oxygens (including phenoxy) is 2. The number of hydrogen-bond donors (Lipinski definition) is 0. The zero-order chi connectivity index (χ0) is 16.8. The van der Waals surface area contributed by atoms with Gasteiger partial charge < -0.3 is 9.47 Å². The maximum atomic E-state index is 5.78. The highest BCUT2D eigenvalue weighted by Crippen LogP contribution is 2.33. The zero-order valence-electron chi connectivity index (χ0n) is 14.8. The summed E-state index contributed by atoms with van der Waals surface area (Å²) < 4.78 is 11.5. The summed E-state index contributed by atoms with van der Waals surface area (Å²) in [6.45, 7) is 8.56. The quantitative estimate of drug-likeness (QED) is 0.765. The normalized spacial score (nSPS) is 14.2. The lowest BCUT2D eigenvalue weighted by molar-refractivity contribution is 0.252. The SMILES string of the molecule is CCOc1cc2c(cc1OCC)CN(CCc1ccccc1)CC2. The van der Waals surface area contributed by atoms with Gasteiger partial charge >= 0.3 is 0 Å². The number of benzene rings is 2. The summed E-state index contributed by atoms with van der Waals surface area (Å²) in [5, 5.41) is 0. The Morgan fingerprint density at radius 2 is 1.58 bits per heavy atom. The Bertz CT molecular complexity index is 654. The van der Waals surface area contributed by atoms with E-state index in [1.807, 2.05) is 13.8 Å². The minimum absolute atomic E-state index is 0.663. The fourth-order valence-corrected chi connectivity index (χ4v) is 3.28. The van der Waals surface area contributed by atoms with Crippen molar-refractivity contribution in [1.29, 1.82) is 0 Å². The summed E-state index contributed by atoms with van der Waals surface area (Å²) in [5.41, 5.74) is 4.18. The predicted octanol–water partition coefficient (Wildman–Crippen LogP) is 4.08. The molecule has 0 bridgehead atoms. The number of hydrogen-bond acceptors (Lipinski definition) is 3. The van der Waals surface area contributed by atoms with Crippen LogP contribution in [0.15, 0.2) is 42.5 Å². The van der Waals surface area contributed by atoms with E-state index in [0.717, 1.165) is 44.0 Å². The van der Waals surface area contributed by atoms with Crippen LogP contribution in [0.25, 0.3) is 0 Å². The van der Waals surface area contributed by atoms with Crippen molar-refractivity contribution >= 4 is 0 Å². The van der Waals surface area contributed by atoms with Gasteiger partial charge in [-0.2, -0.15) is 0 Å². The first-order valence-corrected chi connectivity index (χ1v) is 8.97. The molecule has 0 aliphatic carbocycles. The van der Waals surface area contributed by atoms with Gasteiger partial charge in [0, 0.05) is 19.6 Å². The molecule has 1 aliphatic heterocycles. The van der Waals surface area contributed by atoms with Crippen molar-refractivity contribution in [3.8, 4) is 11.5 Å². The summed E-state index contributed by atoms with van der Waals surface area (Å²) in [5.74, 6) is 1.76. The molecular weight excluding hydrogens is 298 g/mol. The maximum Gasteiger partial charge on any atom is 0.161 e. The van der Waals surface area contributed by atoms with Crippen LogP contribution in [-0.4, -0.2) is 31.2 Å². The van der Waals surface area contributed by atoms with E-state index in [1.165, 1.54) is 16.7 Å². The minimum atomic E-state index is 0.663. The van der Waals surface area contributed by atoms with Crippen LogP contribution in [-0.2, 0) is 19.4 Å². The van der Waals surface area contributed by atoms with Gasteiger partial charge in [0.2, 0.25) is 0 Å². The Balaban J connectivity index is 1.69. The van der Waals surface area contributed by atoms with Gasteiger partial charge in [0.05, 0.1) is 13.2 Å². The molecule has 0 unspecified atom stereocenters. The Kier molecular flexibility index (Phi) is 5.76. The zero-order valence-corrected chi connectivity index (χ0v) is 14.8. The van der Waals surface area contributed by atoms with E-state index in [-0.39, 0.29) is 0 Å². The second-order valence-corrected chi connectivity index (χ2v) is 6.20. The van der Waals surface area contributed by atoms with Crippen LogP contribution < -0.4 is 9.47 Å². The van der Waals surface area contributed by atoms with E-state index in [2.05, 4.69) is 47.4 Å². The maximum absolute atomic E-state index is 5.78. The fourth-order valence-electron chi connectivity index (χ4n) is 3.28. The first-order chi connectivity index (χ1) is 11.8. The topological polar surface area (TPSA) is 21.7 Å². The molecule has 1 heterocycles. The summed E-state index contributed by atoms with van der Waals surface area (Å²) in [6, 6.07) is 15.1. The smallest absolute Gasteiger partial charge is 0.161 e. The monoisotopic (exact) mass is 325 g/mol. The molecule has 0 saturated heterocycles. The second kappa shape index (κ2) is 8.20. The van der Waals surface area contributed by atoms with Crippen molar-refractivity contribution in [1.82, 2.24) is 4.90 Å². The molecule has 3 heteroatoms. The highest BCUT2D eigenvalue weighted by atomic mass is 16.5. The van der Waals surface area contributed by atoms with Gasteiger partial charge in [-0.15, -0.1) is 0 Å². The molecular formula is C21H27NO2. The van der Waals surface area contributed by atoms with Gasteiger partial charge in [-0.1, -0.05) is 30.3 Å². The van der Waals surface area contributed by atoms with E-state index in [4.69, 9.17) is 9.47 Å². The van der Waals surface area contributed by atoms with Gasteiger partial charge in [-0.05, 0) is 55.5 Å². The summed E-state index contributed by atoms with van der Waals surface area (Å²) in [4.78, 5) is 2.53. The molecule has 3 rings (SSSR count). The summed E-state index contributed by atoms with van der Waals surface area (Å²) in [6.07, 6.45) is 2.18. The van der Waals surface area contributed by atoms with Gasteiger partial charge in [-0.25, -0.2) is 0 Å². The van der Waals surface area contributed by atoms with E-state index in [9.17, 15) is 0 Å². The molecule has 0 aromatic heterocycles. The van der Waals surface area contributed by atoms with Crippen LogP contribution in [0.3, 0.4) is 0 Å². The molecule has 128 valence electrons. The van der Waals surface area contributed by atoms with E-state index in [0.29, 0.717) is 13.2 Å². The van der Waals surface area contributed by atoms with Crippen molar-refractivity contribution in [2.75, 3.05) is 26.3 Å². The van der Waals surface area contributed by atoms with Crippen molar-refractivity contribution < 1.29 is 9.47 Å². The standard InChI is InChI=1S/C21H27NO2/c1-3-23-20-14-18-11-13-22(12-10-17-8-6-5-7-9-17)16-19(18)15-21(20)24-4-2/h5-9,14-15H,3-4,10-13,16H2,1-2H3. The van der Waals surface area contributed by atoms with E-state index < -0.39 is 0 Å². The van der Waals surface area contributed by atoms with Gasteiger partial charge in [0.1, 0.15) is 0 Å². The van der Waals surface area contributed by atoms with Gasteiger partial charge in [0.25, 0.3) is 0 Å². The highest BCUT2D eigenvalue weighted by Gasteiger charge is 2.19. The number of nitrogens with zero attached hydrogens (tertiary/aromatic N) is 1. The molecule has 3 nitrogen and oxygen atoms in total. The molecule has 0 atom stereocenters. The van der Waals surface area contributed by atoms with Crippen molar-refractivity contribution in [3.05, 3.63) is 59.2 Å². The summed E-state index contributed by atoms with van der Waals surface area (Å²) >= 11 is 0. The molecule has 1 aliphatic rings. The third-order valence-corrected chi connectivity index (χ3v) is 4.52. The van der Waals surface area contributed by atoms with Crippen LogP contribution in [0.4, 0.5) is 0 Å². The van der Waals surface area contributed by atoms with Crippen molar-refractivity contribution in [3.63, 3.8) is 0 Å². The molecule has 0 spiro atoms. The molecule has 2 aromatic carbocycles. The van der Waals surface area contributed by atoms with Crippen LogP contribution in [0.5, 0.6) is 11.5 Å². The Morgan fingerprint density at radius 3 is 2.25 bits per heavy atom. The van der Waals surface area contributed by atoms with Gasteiger partial charge in [0.15, 0.2) is 11.5 Å². The van der Waals surface area contributed by atoms with Crippen molar-refractivity contribution in [2.45, 2.75) is 33.2 Å². The number of rotatable bonds is 7. The van der Waals surface area contributed by atoms with Crippen LogP contribution in [0, 0.1) is 0 Å². The van der Waals surface area contributed by atoms with Crippen LogP contribution in [0.1, 0.15) is 30.5 Å². The third kappa shape index (κ3) is 4.09. The Labute approximate surface area is 145 Å².